The smallest absolute Gasteiger partial charge is 0.233 e. The van der Waals surface area contributed by atoms with E-state index in [0.29, 0.717) is 0 Å². The second-order valence-electron chi connectivity index (χ2n) is 3.80. The molecule has 94 valence electrons. The fourth-order valence-electron chi connectivity index (χ4n) is 1.60. The number of nitrogens with one attached hydrogen (secondary N) is 1. The lowest BCUT2D eigenvalue weighted by atomic mass is 10.2. The zero-order valence-corrected chi connectivity index (χ0v) is 11.9. The van der Waals surface area contributed by atoms with Crippen molar-refractivity contribution in [3.63, 3.8) is 0 Å². The lowest BCUT2D eigenvalue weighted by Crippen LogP contribution is -2.35. The van der Waals surface area contributed by atoms with Crippen LogP contribution in [0.5, 0.6) is 0 Å². The van der Waals surface area contributed by atoms with Crippen molar-refractivity contribution in [3.05, 3.63) is 0 Å². The summed E-state index contributed by atoms with van der Waals surface area (Å²) in [5.74, 6) is 1.34. The van der Waals surface area contributed by atoms with Crippen LogP contribution in [0.3, 0.4) is 0 Å². The van der Waals surface area contributed by atoms with Crippen LogP contribution < -0.4 is 5.32 Å². The van der Waals surface area contributed by atoms with Gasteiger partial charge in [0.25, 0.3) is 0 Å². The number of amides is 1. The molecule has 0 aromatic rings. The molecule has 1 atom stereocenters. The SMILES string of the molecule is O=C(NCCCOCCBr)C1CCCCS1. The van der Waals surface area contributed by atoms with Crippen molar-refractivity contribution in [2.75, 3.05) is 30.8 Å². The summed E-state index contributed by atoms with van der Waals surface area (Å²) in [6, 6.07) is 0. The highest BCUT2D eigenvalue weighted by Crippen LogP contribution is 2.24. The van der Waals surface area contributed by atoms with Crippen LogP contribution in [0.2, 0.25) is 0 Å². The number of ether oxygens (including phenoxy) is 1. The highest BCUT2D eigenvalue weighted by molar-refractivity contribution is 9.09. The van der Waals surface area contributed by atoms with Gasteiger partial charge in [0.05, 0.1) is 11.9 Å². The number of thioether (sulfide) groups is 1. The molecular formula is C11H20BrNO2S. The fourth-order valence-corrected chi connectivity index (χ4v) is 3.06. The van der Waals surface area contributed by atoms with E-state index in [-0.39, 0.29) is 11.2 Å². The Bertz CT molecular complexity index is 198. The topological polar surface area (TPSA) is 38.3 Å². The highest BCUT2D eigenvalue weighted by atomic mass is 79.9. The van der Waals surface area contributed by atoms with E-state index in [1.54, 1.807) is 11.8 Å². The first-order valence-electron chi connectivity index (χ1n) is 5.87. The van der Waals surface area contributed by atoms with Gasteiger partial charge in [0, 0.05) is 18.5 Å². The number of halogens is 1. The average Bonchev–Trinajstić information content (AvgIpc) is 2.34. The van der Waals surface area contributed by atoms with E-state index < -0.39 is 0 Å². The number of hydrogen-bond acceptors (Lipinski definition) is 3. The van der Waals surface area contributed by atoms with Gasteiger partial charge in [-0.1, -0.05) is 22.4 Å². The molecule has 1 rings (SSSR count). The van der Waals surface area contributed by atoms with E-state index in [9.17, 15) is 4.79 Å². The molecule has 5 heteroatoms. The summed E-state index contributed by atoms with van der Waals surface area (Å²) in [7, 11) is 0. The first kappa shape index (κ1) is 14.3. The molecule has 1 aliphatic rings. The number of carbonyl (C=O) groups is 1. The summed E-state index contributed by atoms with van der Waals surface area (Å²) in [6.07, 6.45) is 4.39. The van der Waals surface area contributed by atoms with Gasteiger partial charge < -0.3 is 10.1 Å². The maximum absolute atomic E-state index is 11.7. The predicted molar refractivity (Wildman–Crippen MR) is 72.3 cm³/mol. The lowest BCUT2D eigenvalue weighted by Gasteiger charge is -2.20. The van der Waals surface area contributed by atoms with Gasteiger partial charge in [-0.25, -0.2) is 0 Å². The van der Waals surface area contributed by atoms with Crippen molar-refractivity contribution in [1.82, 2.24) is 5.32 Å². The Balaban J connectivity index is 1.97. The number of rotatable bonds is 7. The Morgan fingerprint density at radius 2 is 2.31 bits per heavy atom. The van der Waals surface area contributed by atoms with Crippen LogP contribution in [0.25, 0.3) is 0 Å². The van der Waals surface area contributed by atoms with Crippen molar-refractivity contribution in [3.8, 4) is 0 Å². The first-order valence-corrected chi connectivity index (χ1v) is 8.04. The molecule has 0 aromatic heterocycles. The van der Waals surface area contributed by atoms with Gasteiger partial charge in [-0.2, -0.15) is 0 Å². The van der Waals surface area contributed by atoms with E-state index in [4.69, 9.17) is 4.74 Å². The highest BCUT2D eigenvalue weighted by Gasteiger charge is 2.20. The summed E-state index contributed by atoms with van der Waals surface area (Å²) < 4.78 is 5.31. The van der Waals surface area contributed by atoms with Gasteiger partial charge in [-0.05, 0) is 25.0 Å². The van der Waals surface area contributed by atoms with Crippen molar-refractivity contribution in [2.45, 2.75) is 30.9 Å². The average molecular weight is 310 g/mol. The molecule has 0 radical (unpaired) electrons. The van der Waals surface area contributed by atoms with Crippen LogP contribution in [-0.4, -0.2) is 42.0 Å². The standard InChI is InChI=1S/C11H20BrNO2S/c12-5-8-15-7-3-6-13-11(14)10-4-1-2-9-16-10/h10H,1-9H2,(H,13,14). The maximum Gasteiger partial charge on any atom is 0.233 e. The minimum Gasteiger partial charge on any atom is -0.381 e. The van der Waals surface area contributed by atoms with Crippen LogP contribution in [0.1, 0.15) is 25.7 Å². The van der Waals surface area contributed by atoms with Crippen molar-refractivity contribution >= 4 is 33.6 Å². The van der Waals surface area contributed by atoms with Gasteiger partial charge >= 0.3 is 0 Å². The molecule has 1 amide bonds. The van der Waals surface area contributed by atoms with Crippen LogP contribution in [0, 0.1) is 0 Å². The van der Waals surface area contributed by atoms with Gasteiger partial charge in [-0.3, -0.25) is 4.79 Å². The van der Waals surface area contributed by atoms with E-state index in [2.05, 4.69) is 21.2 Å². The van der Waals surface area contributed by atoms with E-state index >= 15 is 0 Å². The molecule has 0 bridgehead atoms. The first-order chi connectivity index (χ1) is 7.84. The molecule has 3 nitrogen and oxygen atoms in total. The molecule has 1 aliphatic heterocycles. The van der Waals surface area contributed by atoms with Gasteiger partial charge in [-0.15, -0.1) is 11.8 Å². The molecule has 1 unspecified atom stereocenters. The Morgan fingerprint density at radius 1 is 1.44 bits per heavy atom. The van der Waals surface area contributed by atoms with E-state index in [0.717, 1.165) is 43.7 Å². The molecule has 0 saturated carbocycles. The third kappa shape index (κ3) is 6.11. The molecule has 16 heavy (non-hydrogen) atoms. The lowest BCUT2D eigenvalue weighted by molar-refractivity contribution is -0.120. The van der Waals surface area contributed by atoms with Crippen LogP contribution in [0.4, 0.5) is 0 Å². The largest absolute Gasteiger partial charge is 0.381 e. The Labute approximate surface area is 110 Å². The van der Waals surface area contributed by atoms with Crippen LogP contribution >= 0.6 is 27.7 Å². The third-order valence-electron chi connectivity index (χ3n) is 2.46. The second kappa shape index (κ2) is 9.31. The number of carbonyl (C=O) groups excluding carboxylic acids is 1. The summed E-state index contributed by atoms with van der Waals surface area (Å²) >= 11 is 5.09. The monoisotopic (exact) mass is 309 g/mol. The molecule has 1 heterocycles. The second-order valence-corrected chi connectivity index (χ2v) is 5.90. The third-order valence-corrected chi connectivity index (χ3v) is 4.16. The number of alkyl halides is 1. The van der Waals surface area contributed by atoms with Crippen molar-refractivity contribution in [1.29, 1.82) is 0 Å². The zero-order chi connectivity index (χ0) is 11.6. The molecule has 0 aromatic carbocycles. The Kier molecular flexibility index (Phi) is 8.33. The summed E-state index contributed by atoms with van der Waals surface area (Å²) in [6.45, 7) is 2.20. The van der Waals surface area contributed by atoms with Gasteiger partial charge in [0.15, 0.2) is 0 Å². The molecule has 1 saturated heterocycles. The summed E-state index contributed by atoms with van der Waals surface area (Å²) in [5, 5.41) is 4.04. The Morgan fingerprint density at radius 3 is 3.00 bits per heavy atom. The molecule has 1 fully saturated rings. The van der Waals surface area contributed by atoms with E-state index in [1.807, 2.05) is 0 Å². The minimum atomic E-state index is 0.192. The van der Waals surface area contributed by atoms with Gasteiger partial charge in [0.1, 0.15) is 0 Å². The van der Waals surface area contributed by atoms with Crippen LogP contribution in [-0.2, 0) is 9.53 Å². The number of hydrogen-bond donors (Lipinski definition) is 1. The zero-order valence-electron chi connectivity index (χ0n) is 9.54. The molecule has 0 spiro atoms. The molecule has 0 aliphatic carbocycles. The molecular weight excluding hydrogens is 290 g/mol. The predicted octanol–water partition coefficient (Wildman–Crippen LogP) is 2.19. The fraction of sp³-hybridized carbons (Fsp3) is 0.909. The van der Waals surface area contributed by atoms with Crippen molar-refractivity contribution < 1.29 is 9.53 Å². The summed E-state index contributed by atoms with van der Waals surface area (Å²) in [5.41, 5.74) is 0. The van der Waals surface area contributed by atoms with Crippen molar-refractivity contribution in [2.24, 2.45) is 0 Å². The van der Waals surface area contributed by atoms with Crippen LogP contribution in [0.15, 0.2) is 0 Å². The van der Waals surface area contributed by atoms with Gasteiger partial charge in [0.2, 0.25) is 5.91 Å². The minimum absolute atomic E-state index is 0.192. The molecule has 1 N–H and O–H groups in total. The van der Waals surface area contributed by atoms with E-state index in [1.165, 1.54) is 12.8 Å². The maximum atomic E-state index is 11.7. The quantitative estimate of drug-likeness (QED) is 0.579. The normalized spacial score (nSPS) is 20.7. The Hall–Kier alpha value is 0.260. The summed E-state index contributed by atoms with van der Waals surface area (Å²) in [4.78, 5) is 11.7.